The Balaban J connectivity index is 1.77. The largest absolute Gasteiger partial charge is 0.376 e. The molecule has 3 rings (SSSR count). The highest BCUT2D eigenvalue weighted by Crippen LogP contribution is 2.33. The van der Waals surface area contributed by atoms with Crippen LogP contribution in [0.3, 0.4) is 0 Å². The summed E-state index contributed by atoms with van der Waals surface area (Å²) in [4.78, 5) is 28.7. The first-order chi connectivity index (χ1) is 12.4. The fraction of sp³-hybridized carbons (Fsp3) is 0.263. The topological polar surface area (TPSA) is 52.7 Å². The minimum absolute atomic E-state index is 0.0593. The van der Waals surface area contributed by atoms with Gasteiger partial charge in [0, 0.05) is 36.6 Å². The molecule has 0 spiro atoms. The Hall–Kier alpha value is -2.05. The molecule has 1 atom stereocenters. The van der Waals surface area contributed by atoms with Crippen molar-refractivity contribution in [3.63, 3.8) is 0 Å². The van der Waals surface area contributed by atoms with Gasteiger partial charge in [0.25, 0.3) is 0 Å². The number of benzene rings is 2. The van der Waals surface area contributed by atoms with Crippen LogP contribution in [-0.4, -0.2) is 32.5 Å². The van der Waals surface area contributed by atoms with Crippen molar-refractivity contribution in [2.24, 2.45) is 5.92 Å². The summed E-state index contributed by atoms with van der Waals surface area (Å²) in [7, 11) is 3.79. The summed E-state index contributed by atoms with van der Waals surface area (Å²) in [5.41, 5.74) is 2.28. The van der Waals surface area contributed by atoms with Crippen LogP contribution in [0.25, 0.3) is 0 Å². The van der Waals surface area contributed by atoms with Crippen molar-refractivity contribution in [3.8, 4) is 0 Å². The summed E-state index contributed by atoms with van der Waals surface area (Å²) >= 11 is 9.53. The molecule has 2 aromatic rings. The van der Waals surface area contributed by atoms with Crippen LogP contribution in [0.1, 0.15) is 6.42 Å². The molecule has 0 bridgehead atoms. The number of carbonyl (C=O) groups excluding carboxylic acids is 2. The zero-order valence-corrected chi connectivity index (χ0v) is 16.8. The average molecular weight is 437 g/mol. The zero-order chi connectivity index (χ0) is 18.8. The molecule has 0 saturated carbocycles. The van der Waals surface area contributed by atoms with E-state index in [0.29, 0.717) is 17.3 Å². The highest BCUT2D eigenvalue weighted by Gasteiger charge is 2.36. The maximum atomic E-state index is 12.7. The summed E-state index contributed by atoms with van der Waals surface area (Å²) in [6, 6.07) is 12.9. The van der Waals surface area contributed by atoms with E-state index < -0.39 is 5.92 Å². The summed E-state index contributed by atoms with van der Waals surface area (Å²) in [5, 5.41) is 3.47. The lowest BCUT2D eigenvalue weighted by Gasteiger charge is -2.20. The number of hydrogen-bond acceptors (Lipinski definition) is 3. The van der Waals surface area contributed by atoms with E-state index in [1.54, 1.807) is 17.0 Å². The molecule has 1 aliphatic heterocycles. The lowest BCUT2D eigenvalue weighted by Crippen LogP contribution is -2.28. The number of para-hydroxylation sites is 1. The Morgan fingerprint density at radius 1 is 1.27 bits per heavy atom. The predicted molar refractivity (Wildman–Crippen MR) is 109 cm³/mol. The smallest absolute Gasteiger partial charge is 0.229 e. The molecule has 7 heteroatoms. The van der Waals surface area contributed by atoms with Crippen molar-refractivity contribution in [2.45, 2.75) is 6.42 Å². The van der Waals surface area contributed by atoms with Gasteiger partial charge in [-0.3, -0.25) is 9.59 Å². The number of nitrogens with one attached hydrogen (secondary N) is 1. The third-order valence-corrected chi connectivity index (χ3v) is 5.24. The van der Waals surface area contributed by atoms with Crippen molar-refractivity contribution in [1.82, 2.24) is 0 Å². The third kappa shape index (κ3) is 3.86. The van der Waals surface area contributed by atoms with E-state index in [9.17, 15) is 9.59 Å². The van der Waals surface area contributed by atoms with Crippen LogP contribution >= 0.6 is 27.5 Å². The van der Waals surface area contributed by atoms with Crippen molar-refractivity contribution < 1.29 is 9.59 Å². The Morgan fingerprint density at radius 3 is 2.69 bits per heavy atom. The molecule has 0 aliphatic carbocycles. The van der Waals surface area contributed by atoms with Crippen molar-refractivity contribution in [2.75, 3.05) is 35.8 Å². The molecular formula is C19H19BrClN3O2. The number of hydrogen-bond donors (Lipinski definition) is 1. The molecule has 5 nitrogen and oxygen atoms in total. The van der Waals surface area contributed by atoms with Gasteiger partial charge in [-0.1, -0.05) is 23.7 Å². The predicted octanol–water partition coefficient (Wildman–Crippen LogP) is 4.16. The summed E-state index contributed by atoms with van der Waals surface area (Å²) < 4.78 is 0.833. The van der Waals surface area contributed by atoms with Crippen molar-refractivity contribution >= 4 is 56.4 Å². The Morgan fingerprint density at radius 2 is 2.00 bits per heavy atom. The zero-order valence-electron chi connectivity index (χ0n) is 14.5. The molecule has 1 aliphatic rings. The average Bonchev–Trinajstić information content (AvgIpc) is 2.97. The van der Waals surface area contributed by atoms with Crippen LogP contribution < -0.4 is 15.1 Å². The minimum Gasteiger partial charge on any atom is -0.376 e. The van der Waals surface area contributed by atoms with E-state index in [1.807, 2.05) is 49.3 Å². The molecule has 1 saturated heterocycles. The Kier molecular flexibility index (Phi) is 5.53. The quantitative estimate of drug-likeness (QED) is 0.783. The van der Waals surface area contributed by atoms with E-state index in [0.717, 1.165) is 15.8 Å². The van der Waals surface area contributed by atoms with Gasteiger partial charge < -0.3 is 15.1 Å². The number of anilines is 3. The van der Waals surface area contributed by atoms with Gasteiger partial charge in [-0.25, -0.2) is 0 Å². The normalized spacial score (nSPS) is 16.7. The van der Waals surface area contributed by atoms with Gasteiger partial charge >= 0.3 is 0 Å². The molecule has 26 heavy (non-hydrogen) atoms. The first kappa shape index (κ1) is 18.7. The molecule has 2 amide bonds. The highest BCUT2D eigenvalue weighted by molar-refractivity contribution is 9.10. The van der Waals surface area contributed by atoms with Gasteiger partial charge in [0.15, 0.2) is 0 Å². The fourth-order valence-corrected chi connectivity index (χ4v) is 3.69. The third-order valence-electron chi connectivity index (χ3n) is 4.34. The molecule has 1 N–H and O–H groups in total. The second-order valence-corrected chi connectivity index (χ2v) is 7.69. The van der Waals surface area contributed by atoms with E-state index in [4.69, 9.17) is 11.6 Å². The number of halogens is 2. The van der Waals surface area contributed by atoms with Crippen LogP contribution in [0, 0.1) is 5.92 Å². The van der Waals surface area contributed by atoms with Gasteiger partial charge in [-0.2, -0.15) is 0 Å². The van der Waals surface area contributed by atoms with E-state index in [1.165, 1.54) is 0 Å². The van der Waals surface area contributed by atoms with Gasteiger partial charge in [0.05, 0.1) is 23.0 Å². The molecule has 1 unspecified atom stereocenters. The second kappa shape index (κ2) is 7.68. The number of carbonyl (C=O) groups is 2. The monoisotopic (exact) mass is 435 g/mol. The summed E-state index contributed by atoms with van der Waals surface area (Å²) in [6.45, 7) is 0.352. The lowest BCUT2D eigenvalue weighted by atomic mass is 10.1. The van der Waals surface area contributed by atoms with Crippen molar-refractivity contribution in [3.05, 3.63) is 52.0 Å². The van der Waals surface area contributed by atoms with E-state index in [2.05, 4.69) is 21.2 Å². The maximum Gasteiger partial charge on any atom is 0.229 e. The van der Waals surface area contributed by atoms with Gasteiger partial charge in [-0.15, -0.1) is 0 Å². The molecule has 136 valence electrons. The van der Waals surface area contributed by atoms with Crippen LogP contribution in [0.2, 0.25) is 5.02 Å². The second-order valence-electron chi connectivity index (χ2n) is 6.40. The van der Waals surface area contributed by atoms with Crippen molar-refractivity contribution in [1.29, 1.82) is 0 Å². The van der Waals surface area contributed by atoms with Crippen LogP contribution in [0.5, 0.6) is 0 Å². The number of amides is 2. The molecule has 1 fully saturated rings. The van der Waals surface area contributed by atoms with Crippen LogP contribution in [0.4, 0.5) is 17.1 Å². The van der Waals surface area contributed by atoms with E-state index >= 15 is 0 Å². The fourth-order valence-electron chi connectivity index (χ4n) is 3.02. The Bertz CT molecular complexity index is 856. The molecule has 2 aromatic carbocycles. The SMILES string of the molecule is CN(C)c1ccc(Cl)cc1NC(=O)C1CC(=O)N(c2ccccc2Br)C1. The molecule has 1 heterocycles. The first-order valence-electron chi connectivity index (χ1n) is 8.19. The van der Waals surface area contributed by atoms with Gasteiger partial charge in [0.2, 0.25) is 11.8 Å². The first-order valence-corrected chi connectivity index (χ1v) is 9.36. The highest BCUT2D eigenvalue weighted by atomic mass is 79.9. The van der Waals surface area contributed by atoms with Crippen LogP contribution in [-0.2, 0) is 9.59 Å². The molecule has 0 radical (unpaired) electrons. The van der Waals surface area contributed by atoms with Gasteiger partial charge in [-0.05, 0) is 46.3 Å². The minimum atomic E-state index is -0.413. The van der Waals surface area contributed by atoms with E-state index in [-0.39, 0.29) is 18.2 Å². The van der Waals surface area contributed by atoms with Crippen LogP contribution in [0.15, 0.2) is 46.9 Å². The standard InChI is InChI=1S/C19H19BrClN3O2/c1-23(2)17-8-7-13(21)10-15(17)22-19(26)12-9-18(25)24(11-12)16-6-4-3-5-14(16)20/h3-8,10,12H,9,11H2,1-2H3,(H,22,26). The summed E-state index contributed by atoms with van der Waals surface area (Å²) in [6.07, 6.45) is 0.186. The molecule has 0 aromatic heterocycles. The lowest BCUT2D eigenvalue weighted by molar-refractivity contribution is -0.122. The Labute approximate surface area is 166 Å². The summed E-state index contributed by atoms with van der Waals surface area (Å²) in [5.74, 6) is -0.655. The number of nitrogens with zero attached hydrogens (tertiary/aromatic N) is 2. The number of rotatable bonds is 4. The molecular weight excluding hydrogens is 418 g/mol. The maximum absolute atomic E-state index is 12.7. The van der Waals surface area contributed by atoms with Gasteiger partial charge in [0.1, 0.15) is 0 Å².